The van der Waals surface area contributed by atoms with E-state index in [4.69, 9.17) is 4.74 Å². The predicted molar refractivity (Wildman–Crippen MR) is 130 cm³/mol. The van der Waals surface area contributed by atoms with Crippen LogP contribution in [0.3, 0.4) is 0 Å². The number of aromatic nitrogens is 3. The maximum Gasteiger partial charge on any atom is 0.237 e. The SMILES string of the molecule is Cc1c(N2CCc3cnc(Nc4cnc5c(c4)CN(C)CC5)cc3C2)cnc2c1NCCO2. The second kappa shape index (κ2) is 8.19. The number of likely N-dealkylation sites (N-methyl/N-ethyl adjacent to an activating group) is 1. The van der Waals surface area contributed by atoms with Crippen molar-refractivity contribution in [2.24, 2.45) is 0 Å². The van der Waals surface area contributed by atoms with Gasteiger partial charge in [0.1, 0.15) is 18.1 Å². The molecule has 0 aromatic carbocycles. The second-order valence-electron chi connectivity index (χ2n) is 9.18. The highest BCUT2D eigenvalue weighted by atomic mass is 16.5. The minimum Gasteiger partial charge on any atom is -0.474 e. The molecule has 3 aliphatic heterocycles. The van der Waals surface area contributed by atoms with E-state index in [2.05, 4.69) is 61.5 Å². The fourth-order valence-corrected chi connectivity index (χ4v) is 5.03. The van der Waals surface area contributed by atoms with E-state index < -0.39 is 0 Å². The molecular weight excluding hydrogens is 414 g/mol. The predicted octanol–water partition coefficient (Wildman–Crippen LogP) is 3.28. The Hall–Kier alpha value is -3.39. The summed E-state index contributed by atoms with van der Waals surface area (Å²) in [6, 6.07) is 4.39. The first-order chi connectivity index (χ1) is 16.1. The van der Waals surface area contributed by atoms with E-state index in [-0.39, 0.29) is 0 Å². The van der Waals surface area contributed by atoms with Crippen molar-refractivity contribution in [3.63, 3.8) is 0 Å². The topological polar surface area (TPSA) is 78.4 Å². The summed E-state index contributed by atoms with van der Waals surface area (Å²) in [5.41, 5.74) is 9.48. The van der Waals surface area contributed by atoms with E-state index >= 15 is 0 Å². The Kier molecular flexibility index (Phi) is 5.02. The van der Waals surface area contributed by atoms with Crippen molar-refractivity contribution in [3.8, 4) is 5.88 Å². The molecule has 0 spiro atoms. The Balaban J connectivity index is 1.23. The molecular formula is C25H29N7O. The molecule has 0 atom stereocenters. The van der Waals surface area contributed by atoms with Crippen molar-refractivity contribution in [3.05, 3.63) is 58.7 Å². The van der Waals surface area contributed by atoms with Gasteiger partial charge in [0.05, 0.1) is 23.8 Å². The molecule has 3 aliphatic rings. The number of hydrogen-bond acceptors (Lipinski definition) is 8. The van der Waals surface area contributed by atoms with Crippen LogP contribution >= 0.6 is 0 Å². The van der Waals surface area contributed by atoms with Crippen molar-refractivity contribution >= 4 is 22.9 Å². The molecule has 33 heavy (non-hydrogen) atoms. The van der Waals surface area contributed by atoms with E-state index in [1.54, 1.807) is 0 Å². The molecule has 3 aromatic heterocycles. The normalized spacial score (nSPS) is 17.3. The van der Waals surface area contributed by atoms with Gasteiger partial charge in [0.15, 0.2) is 0 Å². The number of nitrogens with one attached hydrogen (secondary N) is 2. The van der Waals surface area contributed by atoms with Crippen LogP contribution in [0.5, 0.6) is 5.88 Å². The van der Waals surface area contributed by atoms with Gasteiger partial charge in [-0.25, -0.2) is 9.97 Å². The third-order valence-electron chi connectivity index (χ3n) is 6.86. The molecule has 0 amide bonds. The van der Waals surface area contributed by atoms with E-state index in [9.17, 15) is 0 Å². The molecule has 0 unspecified atom stereocenters. The molecule has 3 aromatic rings. The van der Waals surface area contributed by atoms with Crippen LogP contribution in [-0.2, 0) is 25.9 Å². The summed E-state index contributed by atoms with van der Waals surface area (Å²) in [4.78, 5) is 18.7. The fraction of sp³-hybridized carbons (Fsp3) is 0.400. The van der Waals surface area contributed by atoms with Crippen LogP contribution in [0, 0.1) is 6.92 Å². The standard InChI is InChI=1S/C25H29N7O/c1-16-22(13-29-25-24(16)26-5-8-33-25)32-7-3-17-11-28-23(10-18(17)15-32)30-20-9-19-14-31(2)6-4-21(19)27-12-20/h9-13,26H,3-8,14-15H2,1-2H3,(H,28,30). The average Bonchev–Trinajstić information content (AvgIpc) is 2.84. The Morgan fingerprint density at radius 2 is 1.91 bits per heavy atom. The second-order valence-corrected chi connectivity index (χ2v) is 9.18. The van der Waals surface area contributed by atoms with Crippen molar-refractivity contribution in [1.82, 2.24) is 19.9 Å². The van der Waals surface area contributed by atoms with Gasteiger partial charge in [0.25, 0.3) is 0 Å². The van der Waals surface area contributed by atoms with Crippen molar-refractivity contribution in [1.29, 1.82) is 0 Å². The van der Waals surface area contributed by atoms with Gasteiger partial charge in [-0.05, 0) is 49.2 Å². The Labute approximate surface area is 194 Å². The molecule has 0 aliphatic carbocycles. The lowest BCUT2D eigenvalue weighted by atomic mass is 10.0. The third kappa shape index (κ3) is 3.84. The van der Waals surface area contributed by atoms with E-state index in [0.29, 0.717) is 12.5 Å². The van der Waals surface area contributed by atoms with Crippen molar-refractivity contribution in [2.45, 2.75) is 32.9 Å². The lowest BCUT2D eigenvalue weighted by molar-refractivity contribution is 0.310. The average molecular weight is 444 g/mol. The quantitative estimate of drug-likeness (QED) is 0.639. The summed E-state index contributed by atoms with van der Waals surface area (Å²) in [6.45, 7) is 7.42. The van der Waals surface area contributed by atoms with Crippen LogP contribution in [0.2, 0.25) is 0 Å². The maximum atomic E-state index is 5.70. The van der Waals surface area contributed by atoms with Gasteiger partial charge in [0.2, 0.25) is 5.88 Å². The smallest absolute Gasteiger partial charge is 0.237 e. The van der Waals surface area contributed by atoms with Crippen LogP contribution in [0.4, 0.5) is 22.9 Å². The molecule has 2 N–H and O–H groups in total. The molecule has 0 bridgehead atoms. The number of anilines is 4. The maximum absolute atomic E-state index is 5.70. The molecule has 6 rings (SSSR count). The summed E-state index contributed by atoms with van der Waals surface area (Å²) in [6.07, 6.45) is 7.87. The summed E-state index contributed by atoms with van der Waals surface area (Å²) in [5.74, 6) is 1.57. The van der Waals surface area contributed by atoms with Crippen LogP contribution in [0.15, 0.2) is 30.7 Å². The third-order valence-corrected chi connectivity index (χ3v) is 6.86. The summed E-state index contributed by atoms with van der Waals surface area (Å²) < 4.78 is 5.70. The van der Waals surface area contributed by atoms with Gasteiger partial charge in [-0.1, -0.05) is 0 Å². The minimum atomic E-state index is 0.662. The first-order valence-electron chi connectivity index (χ1n) is 11.7. The summed E-state index contributed by atoms with van der Waals surface area (Å²) >= 11 is 0. The molecule has 8 heteroatoms. The zero-order chi connectivity index (χ0) is 22.4. The first-order valence-corrected chi connectivity index (χ1v) is 11.7. The fourth-order valence-electron chi connectivity index (χ4n) is 5.03. The highest BCUT2D eigenvalue weighted by Gasteiger charge is 2.23. The summed E-state index contributed by atoms with van der Waals surface area (Å²) in [5, 5.41) is 6.92. The highest BCUT2D eigenvalue weighted by Crippen LogP contribution is 2.36. The van der Waals surface area contributed by atoms with E-state index in [1.165, 1.54) is 27.9 Å². The van der Waals surface area contributed by atoms with Gasteiger partial charge in [-0.3, -0.25) is 4.98 Å². The minimum absolute atomic E-state index is 0.662. The Morgan fingerprint density at radius 3 is 2.85 bits per heavy atom. The number of hydrogen-bond donors (Lipinski definition) is 2. The molecule has 8 nitrogen and oxygen atoms in total. The first kappa shape index (κ1) is 20.2. The summed E-state index contributed by atoms with van der Waals surface area (Å²) in [7, 11) is 2.16. The molecule has 170 valence electrons. The number of nitrogens with zero attached hydrogens (tertiary/aromatic N) is 5. The number of fused-ring (bicyclic) bond motifs is 3. The van der Waals surface area contributed by atoms with Crippen LogP contribution < -0.4 is 20.3 Å². The molecule has 6 heterocycles. The number of rotatable bonds is 3. The Bertz CT molecular complexity index is 1210. The van der Waals surface area contributed by atoms with Gasteiger partial charge in [-0.2, -0.15) is 0 Å². The number of ether oxygens (including phenoxy) is 1. The highest BCUT2D eigenvalue weighted by molar-refractivity contribution is 5.70. The van der Waals surface area contributed by atoms with Gasteiger partial charge < -0.3 is 25.2 Å². The zero-order valence-electron chi connectivity index (χ0n) is 19.2. The van der Waals surface area contributed by atoms with Crippen molar-refractivity contribution in [2.75, 3.05) is 48.8 Å². The molecule has 0 fully saturated rings. The van der Waals surface area contributed by atoms with Gasteiger partial charge >= 0.3 is 0 Å². The van der Waals surface area contributed by atoms with Crippen LogP contribution in [0.1, 0.15) is 27.9 Å². The van der Waals surface area contributed by atoms with E-state index in [0.717, 1.165) is 68.4 Å². The van der Waals surface area contributed by atoms with E-state index in [1.807, 2.05) is 18.6 Å². The van der Waals surface area contributed by atoms with Crippen molar-refractivity contribution < 1.29 is 4.74 Å². The Morgan fingerprint density at radius 1 is 0.970 bits per heavy atom. The van der Waals surface area contributed by atoms with Crippen LogP contribution in [0.25, 0.3) is 0 Å². The van der Waals surface area contributed by atoms with Gasteiger partial charge in [-0.15, -0.1) is 0 Å². The van der Waals surface area contributed by atoms with Gasteiger partial charge in [0, 0.05) is 56.6 Å². The molecule has 0 saturated heterocycles. The van der Waals surface area contributed by atoms with Crippen LogP contribution in [-0.4, -0.2) is 53.1 Å². The lowest BCUT2D eigenvalue weighted by Crippen LogP contribution is -2.32. The molecule has 0 saturated carbocycles. The lowest BCUT2D eigenvalue weighted by Gasteiger charge is -2.33. The molecule has 0 radical (unpaired) electrons. The monoisotopic (exact) mass is 443 g/mol. The number of pyridine rings is 3. The zero-order valence-corrected chi connectivity index (χ0v) is 19.2. The largest absolute Gasteiger partial charge is 0.474 e.